The third-order valence-electron chi connectivity index (χ3n) is 3.46. The van der Waals surface area contributed by atoms with Crippen LogP contribution < -0.4 is 0 Å². The summed E-state index contributed by atoms with van der Waals surface area (Å²) in [6.07, 6.45) is 1.98. The number of carboxylic acid groups (broad SMARTS) is 1. The van der Waals surface area contributed by atoms with Crippen molar-refractivity contribution in [2.45, 2.75) is 30.2 Å². The third kappa shape index (κ3) is 3.37. The number of benzene rings is 1. The van der Waals surface area contributed by atoms with Crippen LogP contribution >= 0.6 is 23.5 Å². The van der Waals surface area contributed by atoms with E-state index in [9.17, 15) is 14.7 Å². The Labute approximate surface area is 133 Å². The van der Waals surface area contributed by atoms with Gasteiger partial charge in [-0.15, -0.1) is 23.5 Å². The summed E-state index contributed by atoms with van der Waals surface area (Å²) in [5.74, 6) is -0.459. The average Bonchev–Trinajstić information content (AvgIpc) is 2.91. The molecule has 0 bridgehead atoms. The second-order valence-electron chi connectivity index (χ2n) is 5.26. The lowest BCUT2D eigenvalue weighted by Crippen LogP contribution is -2.47. The Kier molecular flexibility index (Phi) is 5.22. The monoisotopic (exact) mass is 325 g/mol. The number of carbonyl (C=O) groups excluding carboxylic acids is 1. The molecule has 2 unspecified atom stereocenters. The molecule has 1 N–H and O–H groups in total. The minimum Gasteiger partial charge on any atom is -0.480 e. The molecule has 0 aromatic heterocycles. The van der Waals surface area contributed by atoms with Gasteiger partial charge in [-0.2, -0.15) is 0 Å². The molecule has 114 valence electrons. The topological polar surface area (TPSA) is 57.6 Å². The number of rotatable bonds is 4. The highest BCUT2D eigenvalue weighted by atomic mass is 32.2. The van der Waals surface area contributed by atoms with Crippen molar-refractivity contribution in [1.29, 1.82) is 0 Å². The standard InChI is InChI=1S/C15H19NO3S2/c1-9(2)14-16(12(8-21-14)15(18)19)13(17)10-4-6-11(20-3)7-5-10/h4-7,9,12,14H,8H2,1-3H3,(H,18,19). The lowest BCUT2D eigenvalue weighted by Gasteiger charge is -2.29. The first-order valence-electron chi connectivity index (χ1n) is 6.76. The Morgan fingerprint density at radius 2 is 1.95 bits per heavy atom. The zero-order valence-corrected chi connectivity index (χ0v) is 13.9. The van der Waals surface area contributed by atoms with E-state index < -0.39 is 12.0 Å². The lowest BCUT2D eigenvalue weighted by atomic mass is 10.1. The van der Waals surface area contributed by atoms with E-state index in [-0.39, 0.29) is 17.2 Å². The second-order valence-corrected chi connectivity index (χ2v) is 7.29. The fourth-order valence-corrected chi connectivity index (χ4v) is 4.25. The van der Waals surface area contributed by atoms with Crippen LogP contribution in [0.5, 0.6) is 0 Å². The van der Waals surface area contributed by atoms with Crippen LogP contribution in [0, 0.1) is 5.92 Å². The summed E-state index contributed by atoms with van der Waals surface area (Å²) in [5, 5.41) is 9.27. The second kappa shape index (κ2) is 6.75. The van der Waals surface area contributed by atoms with Crippen LogP contribution in [0.4, 0.5) is 0 Å². The van der Waals surface area contributed by atoms with Crippen molar-refractivity contribution in [3.63, 3.8) is 0 Å². The molecular weight excluding hydrogens is 306 g/mol. The van der Waals surface area contributed by atoms with Gasteiger partial charge in [-0.05, 0) is 36.4 Å². The summed E-state index contributed by atoms with van der Waals surface area (Å²) < 4.78 is 0. The van der Waals surface area contributed by atoms with Crippen molar-refractivity contribution in [2.24, 2.45) is 5.92 Å². The van der Waals surface area contributed by atoms with Gasteiger partial charge in [0.05, 0.1) is 5.37 Å². The Hall–Kier alpha value is -1.14. The zero-order valence-electron chi connectivity index (χ0n) is 12.3. The normalized spacial score (nSPS) is 21.8. The van der Waals surface area contributed by atoms with Crippen LogP contribution in [-0.4, -0.2) is 45.3 Å². The minimum absolute atomic E-state index is 0.0844. The van der Waals surface area contributed by atoms with E-state index in [1.807, 2.05) is 32.2 Å². The molecule has 1 saturated heterocycles. The highest BCUT2D eigenvalue weighted by Crippen LogP contribution is 2.35. The number of amides is 1. The molecule has 1 heterocycles. The summed E-state index contributed by atoms with van der Waals surface area (Å²) in [7, 11) is 0. The molecule has 1 fully saturated rings. The number of carbonyl (C=O) groups is 2. The molecule has 4 nitrogen and oxygen atoms in total. The summed E-state index contributed by atoms with van der Waals surface area (Å²) in [4.78, 5) is 26.7. The Balaban J connectivity index is 2.29. The van der Waals surface area contributed by atoms with E-state index >= 15 is 0 Å². The first-order chi connectivity index (χ1) is 9.95. The van der Waals surface area contributed by atoms with Gasteiger partial charge in [0.15, 0.2) is 0 Å². The van der Waals surface area contributed by atoms with E-state index in [0.29, 0.717) is 11.3 Å². The summed E-state index contributed by atoms with van der Waals surface area (Å²) in [6.45, 7) is 4.03. The first kappa shape index (κ1) is 16.2. The smallest absolute Gasteiger partial charge is 0.327 e. The fraction of sp³-hybridized carbons (Fsp3) is 0.467. The predicted octanol–water partition coefficient (Wildman–Crippen LogP) is 3.03. The van der Waals surface area contributed by atoms with Gasteiger partial charge in [-0.1, -0.05) is 13.8 Å². The number of thioether (sulfide) groups is 2. The van der Waals surface area contributed by atoms with Crippen molar-refractivity contribution in [3.05, 3.63) is 29.8 Å². The molecule has 21 heavy (non-hydrogen) atoms. The molecule has 2 atom stereocenters. The molecule has 0 radical (unpaired) electrons. The van der Waals surface area contributed by atoms with E-state index in [1.165, 1.54) is 4.90 Å². The van der Waals surface area contributed by atoms with Crippen LogP contribution in [0.1, 0.15) is 24.2 Å². The molecule has 1 aromatic rings. The van der Waals surface area contributed by atoms with Gasteiger partial charge < -0.3 is 10.0 Å². The molecular formula is C15H19NO3S2. The number of hydrogen-bond acceptors (Lipinski definition) is 4. The number of hydrogen-bond donors (Lipinski definition) is 1. The molecule has 2 rings (SSSR count). The summed E-state index contributed by atoms with van der Waals surface area (Å²) in [6, 6.07) is 6.58. The summed E-state index contributed by atoms with van der Waals surface area (Å²) >= 11 is 3.16. The zero-order chi connectivity index (χ0) is 15.6. The molecule has 0 spiro atoms. The third-order valence-corrected chi connectivity index (χ3v) is 5.83. The highest BCUT2D eigenvalue weighted by molar-refractivity contribution is 8.00. The molecule has 1 aliphatic heterocycles. The maximum absolute atomic E-state index is 12.7. The van der Waals surface area contributed by atoms with Crippen molar-refractivity contribution >= 4 is 35.4 Å². The van der Waals surface area contributed by atoms with Crippen LogP contribution in [0.3, 0.4) is 0 Å². The maximum atomic E-state index is 12.7. The predicted molar refractivity (Wildman–Crippen MR) is 86.9 cm³/mol. The van der Waals surface area contributed by atoms with Crippen molar-refractivity contribution in [1.82, 2.24) is 4.90 Å². The number of carboxylic acids is 1. The largest absolute Gasteiger partial charge is 0.480 e. The molecule has 6 heteroatoms. The fourth-order valence-electron chi connectivity index (χ4n) is 2.37. The van der Waals surface area contributed by atoms with Crippen LogP contribution in [0.2, 0.25) is 0 Å². The van der Waals surface area contributed by atoms with Crippen molar-refractivity contribution in [3.8, 4) is 0 Å². The van der Waals surface area contributed by atoms with Gasteiger partial charge in [0.25, 0.3) is 5.91 Å². The van der Waals surface area contributed by atoms with Crippen LogP contribution in [0.15, 0.2) is 29.2 Å². The highest BCUT2D eigenvalue weighted by Gasteiger charge is 2.43. The molecule has 1 aromatic carbocycles. The molecule has 1 amide bonds. The average molecular weight is 325 g/mol. The van der Waals surface area contributed by atoms with Crippen LogP contribution in [0.25, 0.3) is 0 Å². The minimum atomic E-state index is -0.931. The van der Waals surface area contributed by atoms with Gasteiger partial charge in [0, 0.05) is 16.2 Å². The van der Waals surface area contributed by atoms with Gasteiger partial charge >= 0.3 is 5.97 Å². The molecule has 0 aliphatic carbocycles. The Morgan fingerprint density at radius 1 is 1.33 bits per heavy atom. The molecule has 0 saturated carbocycles. The molecule has 1 aliphatic rings. The lowest BCUT2D eigenvalue weighted by molar-refractivity contribution is -0.141. The SMILES string of the molecule is CSc1ccc(C(=O)N2C(C(=O)O)CSC2C(C)C)cc1. The number of nitrogens with zero attached hydrogens (tertiary/aromatic N) is 1. The van der Waals surface area contributed by atoms with E-state index in [1.54, 1.807) is 35.7 Å². The first-order valence-corrected chi connectivity index (χ1v) is 9.04. The van der Waals surface area contributed by atoms with Gasteiger partial charge in [0.1, 0.15) is 6.04 Å². The van der Waals surface area contributed by atoms with Crippen molar-refractivity contribution < 1.29 is 14.7 Å². The van der Waals surface area contributed by atoms with Gasteiger partial charge in [0.2, 0.25) is 0 Å². The van der Waals surface area contributed by atoms with Crippen molar-refractivity contribution in [2.75, 3.05) is 12.0 Å². The number of aliphatic carboxylic acids is 1. The van der Waals surface area contributed by atoms with Gasteiger partial charge in [-0.25, -0.2) is 4.79 Å². The van der Waals surface area contributed by atoms with Gasteiger partial charge in [-0.3, -0.25) is 4.79 Å². The Morgan fingerprint density at radius 3 is 2.43 bits per heavy atom. The quantitative estimate of drug-likeness (QED) is 0.862. The van der Waals surface area contributed by atoms with E-state index in [0.717, 1.165) is 4.90 Å². The Bertz CT molecular complexity index is 530. The van der Waals surface area contributed by atoms with E-state index in [2.05, 4.69) is 0 Å². The van der Waals surface area contributed by atoms with E-state index in [4.69, 9.17) is 0 Å². The van der Waals surface area contributed by atoms with Crippen LogP contribution in [-0.2, 0) is 4.79 Å². The maximum Gasteiger partial charge on any atom is 0.327 e. The summed E-state index contributed by atoms with van der Waals surface area (Å²) in [5.41, 5.74) is 0.548.